The molecule has 0 aliphatic rings. The van der Waals surface area contributed by atoms with Crippen LogP contribution in [0.15, 0.2) is 28.7 Å². The lowest BCUT2D eigenvalue weighted by atomic mass is 10.1. The number of rotatable bonds is 6. The summed E-state index contributed by atoms with van der Waals surface area (Å²) in [6, 6.07) is 9.06. The molecule has 15 heavy (non-hydrogen) atoms. The summed E-state index contributed by atoms with van der Waals surface area (Å²) >= 11 is 6.96. The normalized spacial score (nSPS) is 12.7. The van der Waals surface area contributed by atoms with E-state index in [1.807, 2.05) is 0 Å². The monoisotopic (exact) mass is 333 g/mol. The van der Waals surface area contributed by atoms with Crippen molar-refractivity contribution in [2.24, 2.45) is 0 Å². The molecule has 0 aromatic heterocycles. The van der Waals surface area contributed by atoms with Gasteiger partial charge in [0, 0.05) is 22.4 Å². The Hall–Kier alpha value is 0.140. The van der Waals surface area contributed by atoms with Crippen molar-refractivity contribution >= 4 is 31.9 Å². The second-order valence-corrected chi connectivity index (χ2v) is 5.30. The van der Waals surface area contributed by atoms with Crippen LogP contribution in [0.4, 0.5) is 0 Å². The van der Waals surface area contributed by atoms with E-state index in [2.05, 4.69) is 68.4 Å². The molecule has 1 N–H and O–H groups in total. The number of halogens is 2. The maximum atomic E-state index is 3.56. The summed E-state index contributed by atoms with van der Waals surface area (Å²) < 4.78 is 1.15. The van der Waals surface area contributed by atoms with Crippen LogP contribution in [0.25, 0.3) is 0 Å². The van der Waals surface area contributed by atoms with E-state index in [0.717, 1.165) is 16.3 Å². The van der Waals surface area contributed by atoms with Crippen molar-refractivity contribution in [3.05, 3.63) is 34.3 Å². The van der Waals surface area contributed by atoms with E-state index < -0.39 is 0 Å². The number of hydrogen-bond donors (Lipinski definition) is 1. The average molecular weight is 335 g/mol. The third kappa shape index (κ3) is 5.14. The largest absolute Gasteiger partial charge is 0.310 e. The van der Waals surface area contributed by atoms with Gasteiger partial charge in [0.1, 0.15) is 0 Å². The van der Waals surface area contributed by atoms with E-state index in [1.54, 1.807) is 0 Å². The zero-order valence-electron chi connectivity index (χ0n) is 8.97. The van der Waals surface area contributed by atoms with Crippen molar-refractivity contribution < 1.29 is 0 Å². The van der Waals surface area contributed by atoms with Gasteiger partial charge in [0.25, 0.3) is 0 Å². The highest BCUT2D eigenvalue weighted by Gasteiger charge is 2.04. The molecule has 1 unspecified atom stereocenters. The molecule has 0 bridgehead atoms. The van der Waals surface area contributed by atoms with E-state index in [9.17, 15) is 0 Å². The maximum Gasteiger partial charge on any atom is 0.0208 e. The molecule has 0 spiro atoms. The average Bonchev–Trinajstić information content (AvgIpc) is 2.24. The highest BCUT2D eigenvalue weighted by Crippen LogP contribution is 2.12. The van der Waals surface area contributed by atoms with Crippen LogP contribution >= 0.6 is 31.9 Å². The second-order valence-electron chi connectivity index (χ2n) is 3.59. The van der Waals surface area contributed by atoms with Crippen LogP contribution < -0.4 is 5.32 Å². The van der Waals surface area contributed by atoms with Crippen molar-refractivity contribution in [2.75, 3.05) is 5.33 Å². The van der Waals surface area contributed by atoms with Crippen LogP contribution in [0.5, 0.6) is 0 Å². The van der Waals surface area contributed by atoms with Crippen molar-refractivity contribution in [3.63, 3.8) is 0 Å². The van der Waals surface area contributed by atoms with Gasteiger partial charge in [-0.2, -0.15) is 0 Å². The third-order valence-electron chi connectivity index (χ3n) is 2.43. The highest BCUT2D eigenvalue weighted by atomic mass is 79.9. The molecule has 1 aromatic rings. The first-order chi connectivity index (χ1) is 7.26. The standard InChI is InChI=1S/C12H17Br2N/c1-2-12(6-7-13)15-9-10-4-3-5-11(14)8-10/h3-5,8,12,15H,2,6-7,9H2,1H3. The van der Waals surface area contributed by atoms with E-state index in [-0.39, 0.29) is 0 Å². The minimum Gasteiger partial charge on any atom is -0.310 e. The van der Waals surface area contributed by atoms with Crippen LogP contribution in [-0.2, 0) is 6.54 Å². The molecule has 84 valence electrons. The fourth-order valence-electron chi connectivity index (χ4n) is 1.49. The summed E-state index contributed by atoms with van der Waals surface area (Å²) in [7, 11) is 0. The van der Waals surface area contributed by atoms with Crippen molar-refractivity contribution in [3.8, 4) is 0 Å². The first-order valence-corrected chi connectivity index (χ1v) is 7.21. The van der Waals surface area contributed by atoms with Crippen LogP contribution in [0.1, 0.15) is 25.3 Å². The summed E-state index contributed by atoms with van der Waals surface area (Å²) in [5, 5.41) is 4.63. The number of hydrogen-bond acceptors (Lipinski definition) is 1. The van der Waals surface area contributed by atoms with Crippen LogP contribution in [0.3, 0.4) is 0 Å². The molecule has 0 fully saturated rings. The lowest BCUT2D eigenvalue weighted by molar-refractivity contribution is 0.488. The van der Waals surface area contributed by atoms with E-state index >= 15 is 0 Å². The SMILES string of the molecule is CCC(CCBr)NCc1cccc(Br)c1. The van der Waals surface area contributed by atoms with Gasteiger partial charge in [-0.05, 0) is 30.5 Å². The van der Waals surface area contributed by atoms with Crippen LogP contribution in [0, 0.1) is 0 Å². The lowest BCUT2D eigenvalue weighted by Gasteiger charge is -2.15. The summed E-state index contributed by atoms with van der Waals surface area (Å²) in [5.41, 5.74) is 1.33. The molecule has 1 rings (SSSR count). The Morgan fingerprint density at radius 2 is 2.20 bits per heavy atom. The topological polar surface area (TPSA) is 12.0 Å². The van der Waals surface area contributed by atoms with E-state index in [0.29, 0.717) is 6.04 Å². The van der Waals surface area contributed by atoms with Gasteiger partial charge in [-0.15, -0.1) is 0 Å². The number of benzene rings is 1. The Balaban J connectivity index is 2.41. The number of alkyl halides is 1. The Morgan fingerprint density at radius 1 is 1.40 bits per heavy atom. The summed E-state index contributed by atoms with van der Waals surface area (Å²) in [6.07, 6.45) is 2.37. The van der Waals surface area contributed by atoms with Gasteiger partial charge in [0.05, 0.1) is 0 Å². The second kappa shape index (κ2) is 7.42. The number of nitrogens with one attached hydrogen (secondary N) is 1. The fraction of sp³-hybridized carbons (Fsp3) is 0.500. The smallest absolute Gasteiger partial charge is 0.0208 e. The van der Waals surface area contributed by atoms with Crippen molar-refractivity contribution in [2.45, 2.75) is 32.4 Å². The van der Waals surface area contributed by atoms with Gasteiger partial charge in [-0.1, -0.05) is 50.9 Å². The summed E-state index contributed by atoms with van der Waals surface area (Å²) in [4.78, 5) is 0. The molecule has 0 radical (unpaired) electrons. The van der Waals surface area contributed by atoms with E-state index in [1.165, 1.54) is 18.4 Å². The molecule has 0 aliphatic carbocycles. The minimum absolute atomic E-state index is 0.614. The molecule has 0 amide bonds. The minimum atomic E-state index is 0.614. The quantitative estimate of drug-likeness (QED) is 0.772. The molecule has 0 heterocycles. The third-order valence-corrected chi connectivity index (χ3v) is 3.39. The van der Waals surface area contributed by atoms with E-state index in [4.69, 9.17) is 0 Å². The molecule has 0 saturated heterocycles. The molecule has 1 aromatic carbocycles. The first-order valence-electron chi connectivity index (χ1n) is 5.30. The zero-order chi connectivity index (χ0) is 11.1. The predicted octanol–water partition coefficient (Wildman–Crippen LogP) is 4.10. The molecule has 1 nitrogen and oxygen atoms in total. The van der Waals surface area contributed by atoms with Gasteiger partial charge in [0.2, 0.25) is 0 Å². The molecular weight excluding hydrogens is 318 g/mol. The van der Waals surface area contributed by atoms with Crippen LogP contribution in [0.2, 0.25) is 0 Å². The van der Waals surface area contributed by atoms with Crippen molar-refractivity contribution in [1.82, 2.24) is 5.32 Å². The van der Waals surface area contributed by atoms with Gasteiger partial charge in [0.15, 0.2) is 0 Å². The fourth-order valence-corrected chi connectivity index (χ4v) is 2.49. The van der Waals surface area contributed by atoms with Gasteiger partial charge >= 0.3 is 0 Å². The molecule has 3 heteroatoms. The van der Waals surface area contributed by atoms with Crippen molar-refractivity contribution in [1.29, 1.82) is 0 Å². The lowest BCUT2D eigenvalue weighted by Crippen LogP contribution is -2.28. The Bertz CT molecular complexity index is 289. The Labute approximate surface area is 109 Å². The first kappa shape index (κ1) is 13.2. The zero-order valence-corrected chi connectivity index (χ0v) is 12.1. The Kier molecular flexibility index (Phi) is 6.53. The van der Waals surface area contributed by atoms with Gasteiger partial charge in [-0.25, -0.2) is 0 Å². The van der Waals surface area contributed by atoms with Crippen LogP contribution in [-0.4, -0.2) is 11.4 Å². The molecule has 0 saturated carbocycles. The van der Waals surface area contributed by atoms with Gasteiger partial charge < -0.3 is 5.32 Å². The summed E-state index contributed by atoms with van der Waals surface area (Å²) in [6.45, 7) is 3.17. The predicted molar refractivity (Wildman–Crippen MR) is 73.5 cm³/mol. The molecular formula is C12H17Br2N. The summed E-state index contributed by atoms with van der Waals surface area (Å²) in [5.74, 6) is 0. The molecule has 0 aliphatic heterocycles. The maximum absolute atomic E-state index is 3.56. The highest BCUT2D eigenvalue weighted by molar-refractivity contribution is 9.10. The molecule has 1 atom stereocenters. The van der Waals surface area contributed by atoms with Gasteiger partial charge in [-0.3, -0.25) is 0 Å². The Morgan fingerprint density at radius 3 is 2.80 bits per heavy atom.